The van der Waals surface area contributed by atoms with Gasteiger partial charge in [-0.1, -0.05) is 30.3 Å². The summed E-state index contributed by atoms with van der Waals surface area (Å²) in [5.74, 6) is 2.41. The monoisotopic (exact) mass is 391 g/mol. The Morgan fingerprint density at radius 1 is 0.929 bits per heavy atom. The maximum atomic E-state index is 12.1. The maximum absolute atomic E-state index is 12.1. The summed E-state index contributed by atoms with van der Waals surface area (Å²) < 4.78 is 10.9. The van der Waals surface area contributed by atoms with Crippen molar-refractivity contribution in [1.82, 2.24) is 10.2 Å². The molecule has 2 heterocycles. The van der Waals surface area contributed by atoms with E-state index in [0.717, 1.165) is 17.0 Å². The summed E-state index contributed by atoms with van der Waals surface area (Å²) in [6.45, 7) is 0. The van der Waals surface area contributed by atoms with E-state index < -0.39 is 0 Å². The summed E-state index contributed by atoms with van der Waals surface area (Å²) in [6.07, 6.45) is 1.55. The predicted octanol–water partition coefficient (Wildman–Crippen LogP) is 4.87. The molecular weight excluding hydrogens is 374 g/mol. The van der Waals surface area contributed by atoms with Crippen LogP contribution < -0.4 is 5.32 Å². The van der Waals surface area contributed by atoms with E-state index in [0.29, 0.717) is 23.3 Å². The van der Waals surface area contributed by atoms with Crippen LogP contribution in [0.25, 0.3) is 23.1 Å². The van der Waals surface area contributed by atoms with Gasteiger partial charge in [-0.25, -0.2) is 0 Å². The van der Waals surface area contributed by atoms with Crippen LogP contribution >= 0.6 is 11.8 Å². The van der Waals surface area contributed by atoms with Crippen molar-refractivity contribution in [3.05, 3.63) is 78.6 Å². The number of furan rings is 1. The van der Waals surface area contributed by atoms with E-state index in [2.05, 4.69) is 27.6 Å². The van der Waals surface area contributed by atoms with Gasteiger partial charge >= 0.3 is 0 Å². The average molecular weight is 391 g/mol. The van der Waals surface area contributed by atoms with Crippen LogP contribution in [0.2, 0.25) is 0 Å². The van der Waals surface area contributed by atoms with Crippen molar-refractivity contribution in [2.24, 2.45) is 0 Å². The third-order valence-corrected chi connectivity index (χ3v) is 4.92. The molecule has 0 aliphatic heterocycles. The van der Waals surface area contributed by atoms with E-state index in [-0.39, 0.29) is 5.91 Å². The summed E-state index contributed by atoms with van der Waals surface area (Å²) in [7, 11) is 0. The Hall–Kier alpha value is -3.32. The van der Waals surface area contributed by atoms with Crippen molar-refractivity contribution in [3.63, 3.8) is 0 Å². The topological polar surface area (TPSA) is 81.2 Å². The van der Waals surface area contributed by atoms with E-state index in [1.165, 1.54) is 5.56 Å². The summed E-state index contributed by atoms with van der Waals surface area (Å²) in [5.41, 5.74) is 2.69. The van der Waals surface area contributed by atoms with Crippen LogP contribution in [-0.4, -0.2) is 21.9 Å². The number of carbonyl (C=O) groups excluding carboxylic acids is 1. The molecular formula is C21H17N3O3S. The number of hydrogen-bond acceptors (Lipinski definition) is 6. The molecule has 0 bridgehead atoms. The van der Waals surface area contributed by atoms with Crippen LogP contribution in [0.4, 0.5) is 5.69 Å². The van der Waals surface area contributed by atoms with Gasteiger partial charge < -0.3 is 14.2 Å². The second kappa shape index (κ2) is 8.58. The van der Waals surface area contributed by atoms with Gasteiger partial charge in [-0.2, -0.15) is 0 Å². The Bertz CT molecular complexity index is 1030. The van der Waals surface area contributed by atoms with Gasteiger partial charge in [0.25, 0.3) is 5.89 Å². The Kier molecular flexibility index (Phi) is 5.53. The molecule has 0 aliphatic carbocycles. The van der Waals surface area contributed by atoms with Crippen LogP contribution in [0.15, 0.2) is 81.8 Å². The second-order valence-electron chi connectivity index (χ2n) is 5.99. The molecule has 28 heavy (non-hydrogen) atoms. The number of hydrogen-bond donors (Lipinski definition) is 1. The van der Waals surface area contributed by atoms with Gasteiger partial charge in [-0.3, -0.25) is 4.79 Å². The highest BCUT2D eigenvalue weighted by Crippen LogP contribution is 2.25. The normalized spacial score (nSPS) is 10.7. The zero-order chi connectivity index (χ0) is 19.2. The number of thioether (sulfide) groups is 1. The predicted molar refractivity (Wildman–Crippen MR) is 109 cm³/mol. The highest BCUT2D eigenvalue weighted by atomic mass is 32.2. The van der Waals surface area contributed by atoms with Crippen LogP contribution in [0, 0.1) is 0 Å². The van der Waals surface area contributed by atoms with Crippen molar-refractivity contribution in [3.8, 4) is 23.1 Å². The van der Waals surface area contributed by atoms with Gasteiger partial charge in [-0.15, -0.1) is 22.0 Å². The first kappa shape index (κ1) is 18.1. The SMILES string of the molecule is O=C(CSCc1ccccc1)Nc1ccc(-c2nnc(-c3ccco3)o2)cc1. The van der Waals surface area contributed by atoms with Crippen molar-refractivity contribution >= 4 is 23.4 Å². The largest absolute Gasteiger partial charge is 0.459 e. The summed E-state index contributed by atoms with van der Waals surface area (Å²) in [5, 5.41) is 10.9. The summed E-state index contributed by atoms with van der Waals surface area (Å²) >= 11 is 1.58. The second-order valence-corrected chi connectivity index (χ2v) is 6.98. The van der Waals surface area contributed by atoms with E-state index in [9.17, 15) is 4.79 Å². The number of rotatable bonds is 7. The number of benzene rings is 2. The number of nitrogens with zero attached hydrogens (tertiary/aromatic N) is 2. The average Bonchev–Trinajstić information content (AvgIpc) is 3.41. The molecule has 0 radical (unpaired) electrons. The van der Waals surface area contributed by atoms with E-state index in [1.807, 2.05) is 42.5 Å². The molecule has 0 fully saturated rings. The highest BCUT2D eigenvalue weighted by molar-refractivity contribution is 7.99. The molecule has 1 N–H and O–H groups in total. The Balaban J connectivity index is 1.31. The molecule has 1 amide bonds. The standard InChI is InChI=1S/C21H17N3O3S/c25-19(14-28-13-15-5-2-1-3-6-15)22-17-10-8-16(9-11-17)20-23-24-21(27-20)18-7-4-12-26-18/h1-12H,13-14H2,(H,22,25). The van der Waals surface area contributed by atoms with Gasteiger partial charge in [0, 0.05) is 17.0 Å². The number of anilines is 1. The highest BCUT2D eigenvalue weighted by Gasteiger charge is 2.12. The number of carbonyl (C=O) groups is 1. The molecule has 2 aromatic heterocycles. The number of aromatic nitrogens is 2. The first-order valence-corrected chi connectivity index (χ1v) is 9.83. The zero-order valence-corrected chi connectivity index (χ0v) is 15.7. The molecule has 0 saturated heterocycles. The van der Waals surface area contributed by atoms with Crippen molar-refractivity contribution in [2.75, 3.05) is 11.1 Å². The van der Waals surface area contributed by atoms with E-state index in [1.54, 1.807) is 30.2 Å². The van der Waals surface area contributed by atoms with E-state index in [4.69, 9.17) is 8.83 Å². The lowest BCUT2D eigenvalue weighted by atomic mass is 10.2. The fourth-order valence-corrected chi connectivity index (χ4v) is 3.36. The van der Waals surface area contributed by atoms with Crippen LogP contribution in [0.3, 0.4) is 0 Å². The van der Waals surface area contributed by atoms with Crippen LogP contribution in [0.1, 0.15) is 5.56 Å². The molecule has 7 heteroatoms. The molecule has 2 aromatic carbocycles. The summed E-state index contributed by atoms with van der Waals surface area (Å²) in [4.78, 5) is 12.1. The van der Waals surface area contributed by atoms with E-state index >= 15 is 0 Å². The zero-order valence-electron chi connectivity index (χ0n) is 14.9. The lowest BCUT2D eigenvalue weighted by Gasteiger charge is -2.06. The third-order valence-electron chi connectivity index (χ3n) is 3.92. The third kappa shape index (κ3) is 4.50. The van der Waals surface area contributed by atoms with Crippen molar-refractivity contribution < 1.29 is 13.6 Å². The van der Waals surface area contributed by atoms with Crippen molar-refractivity contribution in [1.29, 1.82) is 0 Å². The minimum Gasteiger partial charge on any atom is -0.459 e. The Labute approximate surface area is 166 Å². The Morgan fingerprint density at radius 2 is 1.71 bits per heavy atom. The van der Waals surface area contributed by atoms with Gasteiger partial charge in [0.2, 0.25) is 11.8 Å². The maximum Gasteiger partial charge on any atom is 0.283 e. The molecule has 4 rings (SSSR count). The van der Waals surface area contributed by atoms with Gasteiger partial charge in [0.05, 0.1) is 12.0 Å². The lowest BCUT2D eigenvalue weighted by molar-refractivity contribution is -0.113. The first-order chi connectivity index (χ1) is 13.8. The first-order valence-electron chi connectivity index (χ1n) is 8.67. The molecule has 0 saturated carbocycles. The fourth-order valence-electron chi connectivity index (χ4n) is 2.57. The quantitative estimate of drug-likeness (QED) is 0.484. The number of nitrogens with one attached hydrogen (secondary N) is 1. The molecule has 6 nitrogen and oxygen atoms in total. The van der Waals surface area contributed by atoms with Gasteiger partial charge in [-0.05, 0) is 42.0 Å². The molecule has 140 valence electrons. The summed E-state index contributed by atoms with van der Waals surface area (Å²) in [6, 6.07) is 20.9. The molecule has 0 unspecified atom stereocenters. The molecule has 0 atom stereocenters. The lowest BCUT2D eigenvalue weighted by Crippen LogP contribution is -2.14. The minimum absolute atomic E-state index is 0.0356. The Morgan fingerprint density at radius 3 is 2.46 bits per heavy atom. The molecule has 0 spiro atoms. The molecule has 4 aromatic rings. The van der Waals surface area contributed by atoms with Gasteiger partial charge in [0.15, 0.2) is 5.76 Å². The fraction of sp³-hybridized carbons (Fsp3) is 0.0952. The van der Waals surface area contributed by atoms with Crippen molar-refractivity contribution in [2.45, 2.75) is 5.75 Å². The van der Waals surface area contributed by atoms with Crippen LogP contribution in [-0.2, 0) is 10.5 Å². The number of amides is 1. The van der Waals surface area contributed by atoms with Gasteiger partial charge in [0.1, 0.15) is 0 Å². The van der Waals surface area contributed by atoms with Crippen LogP contribution in [0.5, 0.6) is 0 Å². The minimum atomic E-state index is -0.0356. The smallest absolute Gasteiger partial charge is 0.283 e. The molecule has 0 aliphatic rings.